The molecule has 7 aromatic carbocycles. The molecule has 0 unspecified atom stereocenters. The zero-order valence-corrected chi connectivity index (χ0v) is 22.3. The number of thiophene rings is 1. The molecule has 9 rings (SSSR count). The number of rotatable bonds is 2. The maximum absolute atomic E-state index is 6.84. The Morgan fingerprint density at radius 3 is 1.77 bits per heavy atom. The molecule has 0 saturated heterocycles. The van der Waals surface area contributed by atoms with E-state index in [1.165, 1.54) is 63.6 Å². The largest absolute Gasteiger partial charge is 0.455 e. The SMILES string of the molecule is c1ccc2c(-c3c4ccccc4c(-c4cc5ccc6c7ccccc7sc6c5o4)c4ccccc34)cccc2c1. The minimum absolute atomic E-state index is 0.914. The van der Waals surface area contributed by atoms with Crippen LogP contribution in [0.3, 0.4) is 0 Å². The van der Waals surface area contributed by atoms with Crippen molar-refractivity contribution in [2.45, 2.75) is 0 Å². The minimum Gasteiger partial charge on any atom is -0.455 e. The van der Waals surface area contributed by atoms with Crippen molar-refractivity contribution in [3.8, 4) is 22.5 Å². The highest BCUT2D eigenvalue weighted by Gasteiger charge is 2.21. The summed E-state index contributed by atoms with van der Waals surface area (Å²) in [5.41, 5.74) is 4.66. The Balaban J connectivity index is 1.40. The molecule has 9 aromatic rings. The van der Waals surface area contributed by atoms with E-state index < -0.39 is 0 Å². The Hall–Kier alpha value is -4.92. The molecule has 0 spiro atoms. The van der Waals surface area contributed by atoms with E-state index in [0.29, 0.717) is 0 Å². The lowest BCUT2D eigenvalue weighted by molar-refractivity contribution is 0.637. The molecule has 0 amide bonds. The van der Waals surface area contributed by atoms with Crippen molar-refractivity contribution in [3.63, 3.8) is 0 Å². The first kappa shape index (κ1) is 22.0. The summed E-state index contributed by atoms with van der Waals surface area (Å²) in [6, 6.07) is 48.2. The van der Waals surface area contributed by atoms with E-state index in [2.05, 4.69) is 133 Å². The van der Waals surface area contributed by atoms with Crippen molar-refractivity contribution in [2.24, 2.45) is 0 Å². The number of fused-ring (bicyclic) bond motifs is 8. The zero-order chi connectivity index (χ0) is 26.2. The number of furan rings is 1. The molecular weight excluding hydrogens is 504 g/mol. The molecule has 40 heavy (non-hydrogen) atoms. The monoisotopic (exact) mass is 526 g/mol. The van der Waals surface area contributed by atoms with Gasteiger partial charge in [0.05, 0.1) is 4.70 Å². The van der Waals surface area contributed by atoms with Gasteiger partial charge in [-0.1, -0.05) is 121 Å². The number of benzene rings is 7. The molecule has 0 aliphatic heterocycles. The molecule has 2 heteroatoms. The zero-order valence-electron chi connectivity index (χ0n) is 21.5. The van der Waals surface area contributed by atoms with Gasteiger partial charge < -0.3 is 4.42 Å². The van der Waals surface area contributed by atoms with Gasteiger partial charge in [0.25, 0.3) is 0 Å². The lowest BCUT2D eigenvalue weighted by Gasteiger charge is -2.17. The van der Waals surface area contributed by atoms with E-state index in [4.69, 9.17) is 4.42 Å². The molecule has 0 aliphatic carbocycles. The van der Waals surface area contributed by atoms with Crippen LogP contribution >= 0.6 is 11.3 Å². The normalized spacial score (nSPS) is 12.0. The molecular formula is C38H22OS. The first-order chi connectivity index (χ1) is 19.8. The summed E-state index contributed by atoms with van der Waals surface area (Å²) >= 11 is 1.81. The summed E-state index contributed by atoms with van der Waals surface area (Å²) in [6.07, 6.45) is 0. The topological polar surface area (TPSA) is 13.1 Å². The van der Waals surface area contributed by atoms with Gasteiger partial charge in [-0.25, -0.2) is 0 Å². The molecule has 0 saturated carbocycles. The van der Waals surface area contributed by atoms with E-state index in [-0.39, 0.29) is 0 Å². The maximum atomic E-state index is 6.84. The summed E-state index contributed by atoms with van der Waals surface area (Å²) in [6.45, 7) is 0. The lowest BCUT2D eigenvalue weighted by Crippen LogP contribution is -1.90. The lowest BCUT2D eigenvalue weighted by atomic mass is 9.86. The van der Waals surface area contributed by atoms with E-state index in [1.54, 1.807) is 0 Å². The van der Waals surface area contributed by atoms with Gasteiger partial charge in [0, 0.05) is 26.4 Å². The molecule has 0 radical (unpaired) electrons. The summed E-state index contributed by atoms with van der Waals surface area (Å²) < 4.78 is 9.34. The van der Waals surface area contributed by atoms with Gasteiger partial charge in [0.1, 0.15) is 5.76 Å². The van der Waals surface area contributed by atoms with Gasteiger partial charge in [-0.3, -0.25) is 0 Å². The van der Waals surface area contributed by atoms with Gasteiger partial charge in [-0.05, 0) is 55.6 Å². The van der Waals surface area contributed by atoms with Crippen LogP contribution in [0.2, 0.25) is 0 Å². The third kappa shape index (κ3) is 3.03. The van der Waals surface area contributed by atoms with Crippen molar-refractivity contribution in [2.75, 3.05) is 0 Å². The molecule has 0 N–H and O–H groups in total. The average Bonchev–Trinajstić information content (AvgIpc) is 3.61. The first-order valence-corrected chi connectivity index (χ1v) is 14.4. The van der Waals surface area contributed by atoms with Crippen LogP contribution in [0.15, 0.2) is 138 Å². The van der Waals surface area contributed by atoms with E-state index in [9.17, 15) is 0 Å². The molecule has 2 aromatic heterocycles. The molecule has 1 nitrogen and oxygen atoms in total. The van der Waals surface area contributed by atoms with Gasteiger partial charge in [0.15, 0.2) is 5.58 Å². The predicted molar refractivity (Wildman–Crippen MR) is 172 cm³/mol. The summed E-state index contributed by atoms with van der Waals surface area (Å²) in [4.78, 5) is 0. The molecule has 0 fully saturated rings. The Bertz CT molecular complexity index is 2380. The van der Waals surface area contributed by atoms with E-state index in [0.717, 1.165) is 22.3 Å². The third-order valence-corrected chi connectivity index (χ3v) is 9.45. The quantitative estimate of drug-likeness (QED) is 0.204. The summed E-state index contributed by atoms with van der Waals surface area (Å²) in [7, 11) is 0. The van der Waals surface area contributed by atoms with Crippen LogP contribution in [0, 0.1) is 0 Å². The van der Waals surface area contributed by atoms with Gasteiger partial charge in [-0.2, -0.15) is 0 Å². The highest BCUT2D eigenvalue weighted by molar-refractivity contribution is 7.26. The number of hydrogen-bond acceptors (Lipinski definition) is 2. The summed E-state index contributed by atoms with van der Waals surface area (Å²) in [5, 5.41) is 11.1. The second kappa shape index (κ2) is 8.29. The molecule has 186 valence electrons. The average molecular weight is 527 g/mol. The van der Waals surface area contributed by atoms with Crippen molar-refractivity contribution in [3.05, 3.63) is 133 Å². The standard InChI is InChI=1S/C38H22OS/c1-2-12-25-23(10-1)11-9-18-27(25)35-28-14-3-5-16-30(28)36(31-17-6-4-15-29(31)35)33-22-24-20-21-32-26-13-7-8-19-34(26)40-38(32)37(24)39-33/h1-22H. The van der Waals surface area contributed by atoms with Gasteiger partial charge in [0.2, 0.25) is 0 Å². The van der Waals surface area contributed by atoms with Crippen LogP contribution < -0.4 is 0 Å². The van der Waals surface area contributed by atoms with Crippen molar-refractivity contribution >= 4 is 74.8 Å². The fourth-order valence-electron chi connectivity index (χ4n) is 6.53. The fourth-order valence-corrected chi connectivity index (χ4v) is 7.72. The highest BCUT2D eigenvalue weighted by Crippen LogP contribution is 2.47. The van der Waals surface area contributed by atoms with Crippen LogP contribution in [-0.4, -0.2) is 0 Å². The molecule has 2 heterocycles. The number of hydrogen-bond donors (Lipinski definition) is 0. The Kier molecular flexibility index (Phi) is 4.55. The van der Waals surface area contributed by atoms with Crippen LogP contribution in [0.1, 0.15) is 0 Å². The molecule has 0 aliphatic rings. The summed E-state index contributed by atoms with van der Waals surface area (Å²) in [5.74, 6) is 0.914. The fraction of sp³-hybridized carbons (Fsp3) is 0. The molecule has 0 atom stereocenters. The maximum Gasteiger partial charge on any atom is 0.152 e. The van der Waals surface area contributed by atoms with E-state index in [1.807, 2.05) is 11.3 Å². The van der Waals surface area contributed by atoms with Crippen LogP contribution in [-0.2, 0) is 0 Å². The Morgan fingerprint density at radius 1 is 0.425 bits per heavy atom. The Morgan fingerprint density at radius 2 is 1.02 bits per heavy atom. The third-order valence-electron chi connectivity index (χ3n) is 8.27. The van der Waals surface area contributed by atoms with Gasteiger partial charge in [-0.15, -0.1) is 11.3 Å². The minimum atomic E-state index is 0.914. The molecule has 0 bridgehead atoms. The van der Waals surface area contributed by atoms with Crippen molar-refractivity contribution < 1.29 is 4.42 Å². The van der Waals surface area contributed by atoms with Crippen LogP contribution in [0.25, 0.3) is 85.9 Å². The van der Waals surface area contributed by atoms with Crippen molar-refractivity contribution in [1.29, 1.82) is 0 Å². The predicted octanol–water partition coefficient (Wildman–Crippen LogP) is 11.6. The van der Waals surface area contributed by atoms with Crippen LogP contribution in [0.5, 0.6) is 0 Å². The Labute approximate surface area is 234 Å². The highest BCUT2D eigenvalue weighted by atomic mass is 32.1. The second-order valence-corrected chi connectivity index (χ2v) is 11.5. The first-order valence-electron chi connectivity index (χ1n) is 13.6. The van der Waals surface area contributed by atoms with Gasteiger partial charge >= 0.3 is 0 Å². The van der Waals surface area contributed by atoms with Crippen molar-refractivity contribution in [1.82, 2.24) is 0 Å². The van der Waals surface area contributed by atoms with Crippen LogP contribution in [0.4, 0.5) is 0 Å². The van der Waals surface area contributed by atoms with E-state index >= 15 is 0 Å². The smallest absolute Gasteiger partial charge is 0.152 e. The second-order valence-electron chi connectivity index (χ2n) is 10.4.